The quantitative estimate of drug-likeness (QED) is 0.625. The molecule has 0 radical (unpaired) electrons. The van der Waals surface area contributed by atoms with Gasteiger partial charge in [-0.1, -0.05) is 54.1 Å². The maximum absolute atomic E-state index is 5.30. The molecule has 0 aromatic heterocycles. The minimum atomic E-state index is 0.726. The van der Waals surface area contributed by atoms with Crippen LogP contribution in [0.5, 0.6) is 0 Å². The predicted octanol–water partition coefficient (Wildman–Crippen LogP) is 3.90. The van der Waals surface area contributed by atoms with Crippen LogP contribution >= 0.6 is 12.2 Å². The van der Waals surface area contributed by atoms with Gasteiger partial charge in [0.05, 0.1) is 0 Å². The number of aryl methyl sites for hydroxylation is 3. The molecule has 0 atom stereocenters. The minimum Gasteiger partial charge on any atom is -0.363 e. The van der Waals surface area contributed by atoms with Crippen LogP contribution in [0.15, 0.2) is 48.5 Å². The van der Waals surface area contributed by atoms with Gasteiger partial charge in [-0.15, -0.1) is 0 Å². The third kappa shape index (κ3) is 5.49. The molecule has 3 heteroatoms. The number of rotatable bonds is 6. The van der Waals surface area contributed by atoms with Crippen molar-refractivity contribution in [2.24, 2.45) is 0 Å². The number of benzene rings is 2. The Morgan fingerprint density at radius 2 is 1.77 bits per heavy atom. The molecular weight excluding hydrogens is 288 g/mol. The molecule has 0 fully saturated rings. The second-order valence-corrected chi connectivity index (χ2v) is 6.04. The third-order valence-corrected chi connectivity index (χ3v) is 3.99. The maximum atomic E-state index is 5.30. The highest BCUT2D eigenvalue weighted by Crippen LogP contribution is 2.12. The van der Waals surface area contributed by atoms with E-state index in [9.17, 15) is 0 Å². The van der Waals surface area contributed by atoms with E-state index in [-0.39, 0.29) is 0 Å². The molecule has 0 saturated carbocycles. The van der Waals surface area contributed by atoms with Gasteiger partial charge in [0.15, 0.2) is 5.11 Å². The number of nitrogens with one attached hydrogen (secondary N) is 2. The molecule has 0 aliphatic carbocycles. The molecule has 0 heterocycles. The first-order valence-electron chi connectivity index (χ1n) is 7.77. The van der Waals surface area contributed by atoms with Gasteiger partial charge in [0, 0.05) is 13.1 Å². The van der Waals surface area contributed by atoms with Gasteiger partial charge in [0.25, 0.3) is 0 Å². The van der Waals surface area contributed by atoms with Gasteiger partial charge in [-0.3, -0.25) is 0 Å². The Morgan fingerprint density at radius 3 is 2.50 bits per heavy atom. The van der Waals surface area contributed by atoms with Crippen LogP contribution in [0, 0.1) is 13.8 Å². The van der Waals surface area contributed by atoms with Gasteiger partial charge in [0.2, 0.25) is 0 Å². The summed E-state index contributed by atoms with van der Waals surface area (Å²) in [6.45, 7) is 5.98. The molecule has 0 aliphatic heterocycles. The second-order valence-electron chi connectivity index (χ2n) is 5.63. The number of thiocarbonyl (C=S) groups is 1. The summed E-state index contributed by atoms with van der Waals surface area (Å²) >= 11 is 5.30. The van der Waals surface area contributed by atoms with Crippen molar-refractivity contribution in [3.63, 3.8) is 0 Å². The Morgan fingerprint density at radius 1 is 1.00 bits per heavy atom. The fraction of sp³-hybridized carbons (Fsp3) is 0.316. The summed E-state index contributed by atoms with van der Waals surface area (Å²) in [5.74, 6) is 0. The first kappa shape index (κ1) is 16.5. The summed E-state index contributed by atoms with van der Waals surface area (Å²) in [5.41, 5.74) is 5.37. The lowest BCUT2D eigenvalue weighted by Crippen LogP contribution is -2.35. The normalized spacial score (nSPS) is 10.3. The molecule has 0 amide bonds. The van der Waals surface area contributed by atoms with Crippen molar-refractivity contribution in [3.8, 4) is 0 Å². The lowest BCUT2D eigenvalue weighted by Gasteiger charge is -2.11. The highest BCUT2D eigenvalue weighted by atomic mass is 32.1. The molecule has 0 spiro atoms. The highest BCUT2D eigenvalue weighted by molar-refractivity contribution is 7.80. The molecule has 2 rings (SSSR count). The summed E-state index contributed by atoms with van der Waals surface area (Å²) in [5, 5.41) is 7.24. The summed E-state index contributed by atoms with van der Waals surface area (Å²) in [7, 11) is 0. The van der Waals surface area contributed by atoms with Crippen molar-refractivity contribution in [1.82, 2.24) is 10.6 Å². The largest absolute Gasteiger partial charge is 0.363 e. The average molecular weight is 312 g/mol. The smallest absolute Gasteiger partial charge is 0.166 e. The minimum absolute atomic E-state index is 0.726. The van der Waals surface area contributed by atoms with Gasteiger partial charge in [-0.2, -0.15) is 0 Å². The van der Waals surface area contributed by atoms with Crippen LogP contribution < -0.4 is 10.6 Å². The number of hydrogen-bond donors (Lipinski definition) is 2. The lowest BCUT2D eigenvalue weighted by atomic mass is 10.0. The van der Waals surface area contributed by atoms with Crippen molar-refractivity contribution >= 4 is 17.3 Å². The van der Waals surface area contributed by atoms with Crippen LogP contribution in [0.25, 0.3) is 0 Å². The van der Waals surface area contributed by atoms with E-state index in [1.807, 2.05) is 18.2 Å². The highest BCUT2D eigenvalue weighted by Gasteiger charge is 2.00. The Kier molecular flexibility index (Phi) is 6.41. The Labute approximate surface area is 139 Å². The summed E-state index contributed by atoms with van der Waals surface area (Å²) < 4.78 is 0. The van der Waals surface area contributed by atoms with Crippen LogP contribution in [0.2, 0.25) is 0 Å². The predicted molar refractivity (Wildman–Crippen MR) is 98.1 cm³/mol. The van der Waals surface area contributed by atoms with Crippen molar-refractivity contribution in [3.05, 3.63) is 70.8 Å². The lowest BCUT2D eigenvalue weighted by molar-refractivity contribution is 0.751. The second kappa shape index (κ2) is 8.54. The van der Waals surface area contributed by atoms with E-state index in [2.05, 4.69) is 54.8 Å². The molecule has 0 saturated heterocycles. The van der Waals surface area contributed by atoms with E-state index in [0.717, 1.165) is 31.0 Å². The molecule has 0 bridgehead atoms. The molecule has 2 N–H and O–H groups in total. The van der Waals surface area contributed by atoms with Gasteiger partial charge in [-0.05, 0) is 55.6 Å². The summed E-state index contributed by atoms with van der Waals surface area (Å²) in [6, 6.07) is 16.9. The van der Waals surface area contributed by atoms with Gasteiger partial charge < -0.3 is 10.6 Å². The Bertz CT molecular complexity index is 608. The molecule has 22 heavy (non-hydrogen) atoms. The fourth-order valence-corrected chi connectivity index (χ4v) is 2.62. The molecule has 0 unspecified atom stereocenters. The van der Waals surface area contributed by atoms with Crippen molar-refractivity contribution in [2.45, 2.75) is 33.2 Å². The van der Waals surface area contributed by atoms with Crippen LogP contribution in [-0.4, -0.2) is 11.7 Å². The maximum Gasteiger partial charge on any atom is 0.166 e. The third-order valence-electron chi connectivity index (χ3n) is 3.70. The summed E-state index contributed by atoms with van der Waals surface area (Å²) in [4.78, 5) is 0. The van der Waals surface area contributed by atoms with Crippen LogP contribution in [0.4, 0.5) is 0 Å². The topological polar surface area (TPSA) is 24.1 Å². The molecule has 2 nitrogen and oxygen atoms in total. The monoisotopic (exact) mass is 312 g/mol. The van der Waals surface area contributed by atoms with E-state index in [1.54, 1.807) is 0 Å². The van der Waals surface area contributed by atoms with Gasteiger partial charge in [0.1, 0.15) is 0 Å². The first-order valence-corrected chi connectivity index (χ1v) is 8.18. The molecule has 2 aromatic carbocycles. The zero-order valence-corrected chi connectivity index (χ0v) is 14.2. The standard InChI is InChI=1S/C19H24N2S/c1-15-10-11-18(16(2)13-15)9-6-12-20-19(22)21-14-17-7-4-3-5-8-17/h3-5,7-8,10-11,13H,6,9,12,14H2,1-2H3,(H2,20,21,22). The fourth-order valence-electron chi connectivity index (χ4n) is 2.45. The zero-order valence-electron chi connectivity index (χ0n) is 13.4. The van der Waals surface area contributed by atoms with Crippen LogP contribution in [0.3, 0.4) is 0 Å². The molecule has 116 valence electrons. The average Bonchev–Trinajstić information content (AvgIpc) is 2.52. The molecule has 2 aromatic rings. The van der Waals surface area contributed by atoms with Crippen molar-refractivity contribution < 1.29 is 0 Å². The van der Waals surface area contributed by atoms with Gasteiger partial charge >= 0.3 is 0 Å². The van der Waals surface area contributed by atoms with E-state index in [4.69, 9.17) is 12.2 Å². The molecule has 0 aliphatic rings. The zero-order chi connectivity index (χ0) is 15.8. The van der Waals surface area contributed by atoms with Gasteiger partial charge in [-0.25, -0.2) is 0 Å². The number of hydrogen-bond acceptors (Lipinski definition) is 1. The Balaban J connectivity index is 1.65. The Hall–Kier alpha value is -1.87. The van der Waals surface area contributed by atoms with E-state index >= 15 is 0 Å². The van der Waals surface area contributed by atoms with E-state index < -0.39 is 0 Å². The summed E-state index contributed by atoms with van der Waals surface area (Å²) in [6.07, 6.45) is 2.16. The van der Waals surface area contributed by atoms with E-state index in [0.29, 0.717) is 0 Å². The van der Waals surface area contributed by atoms with Crippen LogP contribution in [-0.2, 0) is 13.0 Å². The van der Waals surface area contributed by atoms with Crippen LogP contribution in [0.1, 0.15) is 28.7 Å². The molecular formula is C19H24N2S. The van der Waals surface area contributed by atoms with E-state index in [1.165, 1.54) is 22.3 Å². The van der Waals surface area contributed by atoms with Crippen molar-refractivity contribution in [2.75, 3.05) is 6.54 Å². The van der Waals surface area contributed by atoms with Crippen molar-refractivity contribution in [1.29, 1.82) is 0 Å². The SMILES string of the molecule is Cc1ccc(CCCNC(=S)NCc2ccccc2)c(C)c1. The first-order chi connectivity index (χ1) is 10.6.